The summed E-state index contributed by atoms with van der Waals surface area (Å²) in [5, 5.41) is 0. The maximum atomic E-state index is 13.0. The van der Waals surface area contributed by atoms with Gasteiger partial charge in [0, 0.05) is 5.92 Å². The summed E-state index contributed by atoms with van der Waals surface area (Å²) < 4.78 is 38.9. The molecule has 0 bridgehead atoms. The number of nitrogens with one attached hydrogen (secondary N) is 2. The van der Waals surface area contributed by atoms with Crippen LogP contribution in [0.2, 0.25) is 0 Å². The molecule has 0 saturated carbocycles. The van der Waals surface area contributed by atoms with E-state index in [1.165, 1.54) is 0 Å². The highest BCUT2D eigenvalue weighted by Crippen LogP contribution is 2.36. The number of hydrogen-bond acceptors (Lipinski definition) is 3. The van der Waals surface area contributed by atoms with Crippen LogP contribution in [0, 0.1) is 0 Å². The Balaban J connectivity index is 2.30. The summed E-state index contributed by atoms with van der Waals surface area (Å²) in [7, 11) is 0. The fraction of sp³-hybridized carbons (Fsp3) is 0.571. The van der Waals surface area contributed by atoms with Crippen LogP contribution in [0.4, 0.5) is 13.2 Å². The number of hydrogen-bond donors (Lipinski definition) is 3. The van der Waals surface area contributed by atoms with Crippen molar-refractivity contribution in [2.24, 2.45) is 5.73 Å². The van der Waals surface area contributed by atoms with Crippen LogP contribution in [0.1, 0.15) is 37.8 Å². The molecule has 1 fully saturated rings. The van der Waals surface area contributed by atoms with Gasteiger partial charge in [0.1, 0.15) is 6.04 Å². The van der Waals surface area contributed by atoms with Crippen molar-refractivity contribution in [3.63, 3.8) is 0 Å². The van der Waals surface area contributed by atoms with E-state index in [-0.39, 0.29) is 5.41 Å². The molecule has 3 unspecified atom stereocenters. The number of halogens is 3. The summed E-state index contributed by atoms with van der Waals surface area (Å²) in [5.41, 5.74) is 12.1. The van der Waals surface area contributed by atoms with Crippen LogP contribution in [-0.2, 0) is 5.41 Å². The van der Waals surface area contributed by atoms with Crippen molar-refractivity contribution in [1.29, 1.82) is 0 Å². The van der Waals surface area contributed by atoms with Crippen molar-refractivity contribution < 1.29 is 13.2 Å². The van der Waals surface area contributed by atoms with Gasteiger partial charge in [0.2, 0.25) is 0 Å². The molecule has 3 atom stereocenters. The molecule has 1 aliphatic rings. The van der Waals surface area contributed by atoms with Gasteiger partial charge in [0.15, 0.2) is 0 Å². The van der Waals surface area contributed by atoms with Crippen LogP contribution < -0.4 is 16.6 Å². The smallest absolute Gasteiger partial charge is 0.314 e. The minimum atomic E-state index is -4.34. The molecule has 20 heavy (non-hydrogen) atoms. The predicted molar refractivity (Wildman–Crippen MR) is 72.0 cm³/mol. The number of hydrazine groups is 1. The van der Waals surface area contributed by atoms with Gasteiger partial charge in [-0.15, -0.1) is 0 Å². The molecule has 1 saturated heterocycles. The van der Waals surface area contributed by atoms with Crippen molar-refractivity contribution in [2.75, 3.05) is 0 Å². The molecule has 0 radical (unpaired) electrons. The highest BCUT2D eigenvalue weighted by molar-refractivity contribution is 5.32. The maximum Gasteiger partial charge on any atom is 0.405 e. The third-order valence-electron chi connectivity index (χ3n) is 3.67. The Morgan fingerprint density at radius 1 is 1.00 bits per heavy atom. The predicted octanol–water partition coefficient (Wildman–Crippen LogP) is 2.39. The molecule has 1 aliphatic heterocycles. The van der Waals surface area contributed by atoms with Crippen molar-refractivity contribution >= 4 is 0 Å². The first-order valence-electron chi connectivity index (χ1n) is 6.54. The average molecular weight is 287 g/mol. The molecule has 1 aromatic rings. The highest BCUT2D eigenvalue weighted by Gasteiger charge is 2.50. The Labute approximate surface area is 116 Å². The second kappa shape index (κ2) is 5.02. The van der Waals surface area contributed by atoms with Crippen molar-refractivity contribution in [3.05, 3.63) is 35.4 Å². The second-order valence-electron chi connectivity index (χ2n) is 6.23. The molecule has 0 amide bonds. The molecular weight excluding hydrogens is 267 g/mol. The molecule has 0 aromatic heterocycles. The van der Waals surface area contributed by atoms with Gasteiger partial charge in [-0.05, 0) is 16.5 Å². The van der Waals surface area contributed by atoms with Crippen LogP contribution in [0.15, 0.2) is 24.3 Å². The molecule has 1 heterocycles. The second-order valence-corrected chi connectivity index (χ2v) is 6.23. The monoisotopic (exact) mass is 287 g/mol. The normalized spacial score (nSPS) is 27.9. The van der Waals surface area contributed by atoms with Crippen LogP contribution in [0.5, 0.6) is 0 Å². The summed E-state index contributed by atoms with van der Waals surface area (Å²) in [6.45, 7) is 6.18. The zero-order valence-corrected chi connectivity index (χ0v) is 11.8. The molecule has 2 rings (SSSR count). The van der Waals surface area contributed by atoms with Gasteiger partial charge in [0.05, 0.1) is 6.17 Å². The minimum absolute atomic E-state index is 0.0315. The van der Waals surface area contributed by atoms with Gasteiger partial charge >= 0.3 is 6.18 Å². The zero-order valence-electron chi connectivity index (χ0n) is 11.8. The Kier molecular flexibility index (Phi) is 3.83. The molecule has 4 N–H and O–H groups in total. The summed E-state index contributed by atoms with van der Waals surface area (Å²) >= 11 is 0. The van der Waals surface area contributed by atoms with Crippen molar-refractivity contribution in [2.45, 2.75) is 50.5 Å². The topological polar surface area (TPSA) is 50.1 Å². The van der Waals surface area contributed by atoms with E-state index in [0.29, 0.717) is 5.56 Å². The number of benzene rings is 1. The van der Waals surface area contributed by atoms with Crippen molar-refractivity contribution in [1.82, 2.24) is 10.9 Å². The molecule has 1 aromatic carbocycles. The van der Waals surface area contributed by atoms with E-state index in [4.69, 9.17) is 5.73 Å². The van der Waals surface area contributed by atoms with Crippen LogP contribution in [-0.4, -0.2) is 18.4 Å². The lowest BCUT2D eigenvalue weighted by Crippen LogP contribution is -2.43. The van der Waals surface area contributed by atoms with E-state index in [0.717, 1.165) is 5.56 Å². The molecule has 6 heteroatoms. The van der Waals surface area contributed by atoms with Gasteiger partial charge in [-0.2, -0.15) is 13.2 Å². The van der Waals surface area contributed by atoms with E-state index in [9.17, 15) is 13.2 Å². The van der Waals surface area contributed by atoms with Gasteiger partial charge in [0.25, 0.3) is 0 Å². The van der Waals surface area contributed by atoms with E-state index in [2.05, 4.69) is 31.6 Å². The summed E-state index contributed by atoms with van der Waals surface area (Å²) in [4.78, 5) is 0. The number of nitrogens with two attached hydrogens (primary N) is 1. The van der Waals surface area contributed by atoms with Gasteiger partial charge in [-0.3, -0.25) is 0 Å². The summed E-state index contributed by atoms with van der Waals surface area (Å²) in [6, 6.07) is 5.54. The van der Waals surface area contributed by atoms with E-state index in [1.54, 1.807) is 12.1 Å². The van der Waals surface area contributed by atoms with Crippen molar-refractivity contribution in [3.8, 4) is 0 Å². The molecular formula is C14H20F3N3. The maximum absolute atomic E-state index is 13.0. The Morgan fingerprint density at radius 3 is 2.00 bits per heavy atom. The van der Waals surface area contributed by atoms with Crippen LogP contribution >= 0.6 is 0 Å². The standard InChI is InChI=1S/C14H20F3N3/c1-13(2,3)9-6-4-8(5-7-9)10-11(14(15,16)17)19-20-12(10)18/h4-7,10-12,19-20H,18H2,1-3H3. The van der Waals surface area contributed by atoms with Crippen LogP contribution in [0.3, 0.4) is 0 Å². The zero-order chi connectivity index (χ0) is 15.1. The minimum Gasteiger partial charge on any atom is -0.314 e. The lowest BCUT2D eigenvalue weighted by molar-refractivity contribution is -0.156. The van der Waals surface area contributed by atoms with Gasteiger partial charge in [-0.1, -0.05) is 45.0 Å². The molecule has 112 valence electrons. The average Bonchev–Trinajstić information content (AvgIpc) is 2.70. The molecule has 3 nitrogen and oxygen atoms in total. The summed E-state index contributed by atoms with van der Waals surface area (Å²) in [6.07, 6.45) is -5.10. The Hall–Kier alpha value is -1.11. The number of rotatable bonds is 1. The lowest BCUT2D eigenvalue weighted by atomic mass is 9.84. The SMILES string of the molecule is CC(C)(C)c1ccc(C2C(N)NNC2C(F)(F)F)cc1. The Bertz CT molecular complexity index is 462. The third kappa shape index (κ3) is 2.97. The number of alkyl halides is 3. The first-order chi connectivity index (χ1) is 9.10. The molecule has 0 spiro atoms. The van der Waals surface area contributed by atoms with Crippen LogP contribution in [0.25, 0.3) is 0 Å². The summed E-state index contributed by atoms with van der Waals surface area (Å²) in [5.74, 6) is -0.830. The van der Waals surface area contributed by atoms with Gasteiger partial charge in [-0.25, -0.2) is 10.9 Å². The fourth-order valence-electron chi connectivity index (χ4n) is 2.46. The van der Waals surface area contributed by atoms with E-state index >= 15 is 0 Å². The third-order valence-corrected chi connectivity index (χ3v) is 3.67. The highest BCUT2D eigenvalue weighted by atomic mass is 19.4. The fourth-order valence-corrected chi connectivity index (χ4v) is 2.46. The van der Waals surface area contributed by atoms with E-state index < -0.39 is 24.3 Å². The Morgan fingerprint density at radius 2 is 1.55 bits per heavy atom. The van der Waals surface area contributed by atoms with E-state index in [1.807, 2.05) is 12.1 Å². The first-order valence-corrected chi connectivity index (χ1v) is 6.54. The quantitative estimate of drug-likeness (QED) is 0.743. The molecule has 0 aliphatic carbocycles. The lowest BCUT2D eigenvalue weighted by Gasteiger charge is -2.25. The first kappa shape index (κ1) is 15.3. The largest absolute Gasteiger partial charge is 0.405 e. The van der Waals surface area contributed by atoms with Gasteiger partial charge < -0.3 is 5.73 Å².